The van der Waals surface area contributed by atoms with Crippen LogP contribution < -0.4 is 4.74 Å². The summed E-state index contributed by atoms with van der Waals surface area (Å²) >= 11 is 0. The number of ether oxygens (including phenoxy) is 1. The van der Waals surface area contributed by atoms with Gasteiger partial charge in [-0.05, 0) is 24.5 Å². The van der Waals surface area contributed by atoms with E-state index < -0.39 is 10.9 Å². The largest absolute Gasteiger partial charge is 0.496 e. The van der Waals surface area contributed by atoms with E-state index >= 15 is 0 Å². The first-order valence-electron chi connectivity index (χ1n) is 6.78. The first kappa shape index (κ1) is 15.2. The lowest BCUT2D eigenvalue weighted by atomic mass is 10.1. The van der Waals surface area contributed by atoms with Gasteiger partial charge in [0.15, 0.2) is 0 Å². The van der Waals surface area contributed by atoms with Gasteiger partial charge in [0, 0.05) is 25.2 Å². The van der Waals surface area contributed by atoms with Gasteiger partial charge in [0.1, 0.15) is 5.75 Å². The van der Waals surface area contributed by atoms with Crippen LogP contribution in [0.2, 0.25) is 0 Å². The fourth-order valence-corrected chi connectivity index (χ4v) is 2.26. The van der Waals surface area contributed by atoms with Gasteiger partial charge in [0.05, 0.1) is 24.5 Å². The molecule has 1 aromatic carbocycles. The number of non-ortho nitro benzene ring substituents is 1. The van der Waals surface area contributed by atoms with Crippen molar-refractivity contribution in [2.45, 2.75) is 31.8 Å². The van der Waals surface area contributed by atoms with E-state index in [0.29, 0.717) is 24.9 Å². The third-order valence-electron chi connectivity index (χ3n) is 3.46. The standard InChI is InChI=1S/C14H18N2O5/c1-21-13-7-10(6-12(8-13)16(19)20)9-15(11-2-3-11)5-4-14(17)18/h6-8,11H,2-5,9H2,1H3,(H,17,18). The van der Waals surface area contributed by atoms with Crippen molar-refractivity contribution in [1.29, 1.82) is 0 Å². The van der Waals surface area contributed by atoms with Gasteiger partial charge in [-0.15, -0.1) is 0 Å². The van der Waals surface area contributed by atoms with Crippen molar-refractivity contribution in [2.75, 3.05) is 13.7 Å². The Morgan fingerprint density at radius 2 is 2.19 bits per heavy atom. The third-order valence-corrected chi connectivity index (χ3v) is 3.46. The van der Waals surface area contributed by atoms with E-state index in [9.17, 15) is 14.9 Å². The van der Waals surface area contributed by atoms with Gasteiger partial charge in [-0.1, -0.05) is 0 Å². The van der Waals surface area contributed by atoms with Crippen LogP contribution in [-0.4, -0.2) is 40.6 Å². The molecule has 0 aromatic heterocycles. The van der Waals surface area contributed by atoms with Crippen molar-refractivity contribution >= 4 is 11.7 Å². The Labute approximate surface area is 122 Å². The number of hydrogen-bond donors (Lipinski definition) is 1. The third kappa shape index (κ3) is 4.42. The highest BCUT2D eigenvalue weighted by molar-refractivity contribution is 5.66. The number of methoxy groups -OCH3 is 1. The Morgan fingerprint density at radius 3 is 2.71 bits per heavy atom. The van der Waals surface area contributed by atoms with Gasteiger partial charge in [0.2, 0.25) is 0 Å². The lowest BCUT2D eigenvalue weighted by Gasteiger charge is -2.21. The molecule has 1 aliphatic rings. The van der Waals surface area contributed by atoms with E-state index in [4.69, 9.17) is 9.84 Å². The number of carbonyl (C=O) groups is 1. The molecule has 0 atom stereocenters. The van der Waals surface area contributed by atoms with Crippen LogP contribution in [0, 0.1) is 10.1 Å². The molecule has 0 saturated heterocycles. The zero-order chi connectivity index (χ0) is 15.4. The van der Waals surface area contributed by atoms with E-state index in [1.807, 2.05) is 0 Å². The highest BCUT2D eigenvalue weighted by Gasteiger charge is 2.29. The molecule has 0 spiro atoms. The first-order valence-corrected chi connectivity index (χ1v) is 6.78. The second-order valence-electron chi connectivity index (χ2n) is 5.14. The summed E-state index contributed by atoms with van der Waals surface area (Å²) in [7, 11) is 1.46. The molecule has 0 unspecified atom stereocenters. The second-order valence-corrected chi connectivity index (χ2v) is 5.14. The molecule has 0 heterocycles. The minimum Gasteiger partial charge on any atom is -0.496 e. The van der Waals surface area contributed by atoms with E-state index in [0.717, 1.165) is 18.4 Å². The molecule has 0 radical (unpaired) electrons. The molecule has 21 heavy (non-hydrogen) atoms. The van der Waals surface area contributed by atoms with Crippen LogP contribution in [0.4, 0.5) is 5.69 Å². The molecular formula is C14H18N2O5. The number of rotatable bonds is 8. The van der Waals surface area contributed by atoms with Crippen molar-refractivity contribution in [1.82, 2.24) is 4.90 Å². The fourth-order valence-electron chi connectivity index (χ4n) is 2.26. The Hall–Kier alpha value is -2.15. The molecule has 114 valence electrons. The van der Waals surface area contributed by atoms with Crippen LogP contribution >= 0.6 is 0 Å². The molecule has 0 aliphatic heterocycles. The van der Waals surface area contributed by atoms with Crippen molar-refractivity contribution in [2.24, 2.45) is 0 Å². The van der Waals surface area contributed by atoms with Crippen molar-refractivity contribution in [3.8, 4) is 5.75 Å². The smallest absolute Gasteiger partial charge is 0.304 e. The predicted octanol–water partition coefficient (Wildman–Crippen LogP) is 2.04. The van der Waals surface area contributed by atoms with Crippen LogP contribution in [0.25, 0.3) is 0 Å². The van der Waals surface area contributed by atoms with Crippen molar-refractivity contribution < 1.29 is 19.6 Å². The highest BCUT2D eigenvalue weighted by Crippen LogP contribution is 2.30. The lowest BCUT2D eigenvalue weighted by Crippen LogP contribution is -2.28. The summed E-state index contributed by atoms with van der Waals surface area (Å²) < 4.78 is 5.08. The topological polar surface area (TPSA) is 92.9 Å². The monoisotopic (exact) mass is 294 g/mol. The van der Waals surface area contributed by atoms with Crippen LogP contribution in [-0.2, 0) is 11.3 Å². The Balaban J connectivity index is 2.13. The maximum atomic E-state index is 10.9. The van der Waals surface area contributed by atoms with E-state index in [1.54, 1.807) is 6.07 Å². The molecule has 2 rings (SSSR count). The normalized spacial score (nSPS) is 14.2. The van der Waals surface area contributed by atoms with Crippen LogP contribution in [0.3, 0.4) is 0 Å². The Bertz CT molecular complexity index is 542. The van der Waals surface area contributed by atoms with Gasteiger partial charge < -0.3 is 9.84 Å². The zero-order valence-electron chi connectivity index (χ0n) is 11.8. The SMILES string of the molecule is COc1cc(CN(CCC(=O)O)C2CC2)cc([N+](=O)[O-])c1. The molecule has 0 bridgehead atoms. The highest BCUT2D eigenvalue weighted by atomic mass is 16.6. The van der Waals surface area contributed by atoms with Gasteiger partial charge in [-0.3, -0.25) is 19.8 Å². The zero-order valence-corrected chi connectivity index (χ0v) is 11.8. The maximum Gasteiger partial charge on any atom is 0.304 e. The number of aliphatic carboxylic acids is 1. The quantitative estimate of drug-likeness (QED) is 0.582. The predicted molar refractivity (Wildman–Crippen MR) is 75.3 cm³/mol. The molecule has 7 heteroatoms. The molecule has 1 fully saturated rings. The summed E-state index contributed by atoms with van der Waals surface area (Å²) in [6.07, 6.45) is 2.17. The van der Waals surface area contributed by atoms with E-state index in [2.05, 4.69) is 4.90 Å². The summed E-state index contributed by atoms with van der Waals surface area (Å²) in [5.74, 6) is -0.398. The minimum absolute atomic E-state index is 0.0154. The number of nitrogens with zero attached hydrogens (tertiary/aromatic N) is 2. The summed E-state index contributed by atoms with van der Waals surface area (Å²) in [6.45, 7) is 0.945. The number of nitro benzene ring substituents is 1. The summed E-state index contributed by atoms with van der Waals surface area (Å²) in [4.78, 5) is 23.2. The number of nitro groups is 1. The first-order chi connectivity index (χ1) is 9.99. The summed E-state index contributed by atoms with van der Waals surface area (Å²) in [6, 6.07) is 5.03. The number of benzene rings is 1. The summed E-state index contributed by atoms with van der Waals surface area (Å²) in [5.41, 5.74) is 0.747. The average Bonchev–Trinajstić information content (AvgIpc) is 3.27. The number of hydrogen-bond acceptors (Lipinski definition) is 5. The van der Waals surface area contributed by atoms with Gasteiger partial charge in [-0.25, -0.2) is 0 Å². The van der Waals surface area contributed by atoms with Gasteiger partial charge in [-0.2, -0.15) is 0 Å². The van der Waals surface area contributed by atoms with Crippen LogP contribution in [0.1, 0.15) is 24.8 Å². The molecule has 1 aromatic rings. The molecule has 7 nitrogen and oxygen atoms in total. The van der Waals surface area contributed by atoms with Crippen LogP contribution in [0.15, 0.2) is 18.2 Å². The lowest BCUT2D eigenvalue weighted by molar-refractivity contribution is -0.385. The fraction of sp³-hybridized carbons (Fsp3) is 0.500. The van der Waals surface area contributed by atoms with Crippen molar-refractivity contribution in [3.05, 3.63) is 33.9 Å². The van der Waals surface area contributed by atoms with E-state index in [1.165, 1.54) is 19.2 Å². The number of carboxylic acids is 1. The maximum absolute atomic E-state index is 10.9. The molecule has 1 N–H and O–H groups in total. The van der Waals surface area contributed by atoms with Gasteiger partial charge >= 0.3 is 5.97 Å². The Morgan fingerprint density at radius 1 is 1.48 bits per heavy atom. The molecule has 0 amide bonds. The molecular weight excluding hydrogens is 276 g/mol. The Kier molecular flexibility index (Phi) is 4.74. The summed E-state index contributed by atoms with van der Waals surface area (Å²) in [5, 5.41) is 19.7. The van der Waals surface area contributed by atoms with Crippen LogP contribution in [0.5, 0.6) is 5.75 Å². The second kappa shape index (κ2) is 6.53. The van der Waals surface area contributed by atoms with Crippen molar-refractivity contribution in [3.63, 3.8) is 0 Å². The average molecular weight is 294 g/mol. The number of carboxylic acid groups (broad SMARTS) is 1. The molecule has 1 aliphatic carbocycles. The minimum atomic E-state index is -0.836. The molecule has 1 saturated carbocycles. The van der Waals surface area contributed by atoms with E-state index in [-0.39, 0.29) is 12.1 Å². The van der Waals surface area contributed by atoms with Gasteiger partial charge in [0.25, 0.3) is 5.69 Å².